The first-order chi connectivity index (χ1) is 15.1. The van der Waals surface area contributed by atoms with E-state index >= 15 is 0 Å². The Morgan fingerprint density at radius 1 is 1.10 bits per heavy atom. The van der Waals surface area contributed by atoms with E-state index in [9.17, 15) is 8.78 Å². The van der Waals surface area contributed by atoms with Gasteiger partial charge in [0.15, 0.2) is 11.0 Å². The molecule has 0 fully saturated rings. The van der Waals surface area contributed by atoms with E-state index < -0.39 is 6.55 Å². The molecule has 0 aliphatic carbocycles. The van der Waals surface area contributed by atoms with Gasteiger partial charge in [0.25, 0.3) is 0 Å². The van der Waals surface area contributed by atoms with Gasteiger partial charge in [0, 0.05) is 23.6 Å². The second kappa shape index (κ2) is 9.30. The summed E-state index contributed by atoms with van der Waals surface area (Å²) in [5.41, 5.74) is 2.87. The normalized spacial score (nSPS) is 11.3. The minimum atomic E-state index is -2.63. The molecule has 0 aliphatic heterocycles. The van der Waals surface area contributed by atoms with Crippen molar-refractivity contribution in [1.82, 2.24) is 24.3 Å². The van der Waals surface area contributed by atoms with Crippen LogP contribution in [0.15, 0.2) is 66.1 Å². The van der Waals surface area contributed by atoms with Crippen molar-refractivity contribution < 1.29 is 13.5 Å². The van der Waals surface area contributed by atoms with Crippen LogP contribution in [0.2, 0.25) is 0 Å². The Labute approximate surface area is 182 Å². The van der Waals surface area contributed by atoms with E-state index in [1.165, 1.54) is 24.2 Å². The van der Waals surface area contributed by atoms with Crippen LogP contribution < -0.4 is 4.74 Å². The Morgan fingerprint density at radius 2 is 1.90 bits per heavy atom. The van der Waals surface area contributed by atoms with Gasteiger partial charge < -0.3 is 4.74 Å². The van der Waals surface area contributed by atoms with Gasteiger partial charge in [0.2, 0.25) is 0 Å². The van der Waals surface area contributed by atoms with Crippen molar-refractivity contribution in [2.24, 2.45) is 0 Å². The van der Waals surface area contributed by atoms with Gasteiger partial charge in [-0.05, 0) is 44.2 Å². The van der Waals surface area contributed by atoms with Crippen LogP contribution in [0.3, 0.4) is 0 Å². The standard InChI is InChI=1S/C22H21F2N5OS/c1-3-30-18-9-7-17(8-10-18)29-20(16-6-4-5-15(2)13-16)26-27-22(29)31-14-19-25-11-12-28(19)21(23)24/h4-13,21H,3,14H2,1-2H3. The summed E-state index contributed by atoms with van der Waals surface area (Å²) >= 11 is 1.31. The van der Waals surface area contributed by atoms with Crippen LogP contribution in [0, 0.1) is 6.92 Å². The highest BCUT2D eigenvalue weighted by Crippen LogP contribution is 2.31. The van der Waals surface area contributed by atoms with Gasteiger partial charge in [-0.3, -0.25) is 9.13 Å². The van der Waals surface area contributed by atoms with Crippen LogP contribution in [0.1, 0.15) is 24.9 Å². The van der Waals surface area contributed by atoms with Crippen LogP contribution in [0.25, 0.3) is 17.1 Å². The molecule has 0 atom stereocenters. The fraction of sp³-hybridized carbons (Fsp3) is 0.227. The van der Waals surface area contributed by atoms with Crippen LogP contribution in [0.5, 0.6) is 5.75 Å². The molecule has 2 aromatic heterocycles. The average Bonchev–Trinajstić information content (AvgIpc) is 3.40. The van der Waals surface area contributed by atoms with Crippen molar-refractivity contribution in [3.8, 4) is 22.8 Å². The van der Waals surface area contributed by atoms with Gasteiger partial charge in [0.1, 0.15) is 11.6 Å². The molecule has 6 nitrogen and oxygen atoms in total. The lowest BCUT2D eigenvalue weighted by Gasteiger charge is -2.12. The van der Waals surface area contributed by atoms with Gasteiger partial charge in [-0.1, -0.05) is 35.5 Å². The number of aryl methyl sites for hydroxylation is 1. The molecule has 2 heterocycles. The lowest BCUT2D eigenvalue weighted by molar-refractivity contribution is 0.0678. The average molecular weight is 442 g/mol. The Kier molecular flexibility index (Phi) is 6.31. The van der Waals surface area contributed by atoms with Crippen molar-refractivity contribution in [3.63, 3.8) is 0 Å². The molecule has 0 unspecified atom stereocenters. The molecular weight excluding hydrogens is 420 g/mol. The molecule has 31 heavy (non-hydrogen) atoms. The first-order valence-electron chi connectivity index (χ1n) is 9.75. The molecule has 0 saturated carbocycles. The molecule has 4 aromatic rings. The van der Waals surface area contributed by atoms with Gasteiger partial charge >= 0.3 is 6.55 Å². The number of rotatable bonds is 8. The van der Waals surface area contributed by atoms with Crippen LogP contribution in [-0.2, 0) is 5.75 Å². The highest BCUT2D eigenvalue weighted by atomic mass is 32.2. The summed E-state index contributed by atoms with van der Waals surface area (Å²) in [4.78, 5) is 4.05. The van der Waals surface area contributed by atoms with E-state index in [0.717, 1.165) is 27.1 Å². The van der Waals surface area contributed by atoms with Crippen LogP contribution in [0.4, 0.5) is 8.78 Å². The van der Waals surface area contributed by atoms with Gasteiger partial charge in [-0.25, -0.2) is 4.98 Å². The molecule has 0 bridgehead atoms. The summed E-state index contributed by atoms with van der Waals surface area (Å²) in [7, 11) is 0. The molecule has 0 radical (unpaired) electrons. The smallest absolute Gasteiger partial charge is 0.319 e. The summed E-state index contributed by atoms with van der Waals surface area (Å²) in [6.07, 6.45) is 2.65. The van der Waals surface area contributed by atoms with E-state index in [0.29, 0.717) is 17.6 Å². The Hall–Kier alpha value is -3.20. The summed E-state index contributed by atoms with van der Waals surface area (Å²) in [5.74, 6) is 1.95. The number of nitrogens with zero attached hydrogens (tertiary/aromatic N) is 5. The topological polar surface area (TPSA) is 57.8 Å². The van der Waals surface area contributed by atoms with Crippen molar-refractivity contribution >= 4 is 11.8 Å². The van der Waals surface area contributed by atoms with Crippen molar-refractivity contribution in [3.05, 3.63) is 72.3 Å². The predicted molar refractivity (Wildman–Crippen MR) is 116 cm³/mol. The molecular formula is C22H21F2N5OS. The molecule has 9 heteroatoms. The fourth-order valence-electron chi connectivity index (χ4n) is 3.19. The van der Waals surface area contributed by atoms with E-state index in [1.807, 2.05) is 66.9 Å². The minimum absolute atomic E-state index is 0.236. The zero-order chi connectivity index (χ0) is 21.8. The number of hydrogen-bond acceptors (Lipinski definition) is 5. The number of benzene rings is 2. The maximum Gasteiger partial charge on any atom is 0.319 e. The molecule has 4 rings (SSSR count). The van der Waals surface area contributed by atoms with Crippen LogP contribution >= 0.6 is 11.8 Å². The highest BCUT2D eigenvalue weighted by Gasteiger charge is 2.18. The number of ether oxygens (including phenoxy) is 1. The summed E-state index contributed by atoms with van der Waals surface area (Å²) < 4.78 is 34.6. The SMILES string of the molecule is CCOc1ccc(-n2c(SCc3nccn3C(F)F)nnc2-c2cccc(C)c2)cc1. The van der Waals surface area contributed by atoms with Crippen molar-refractivity contribution in [2.45, 2.75) is 31.3 Å². The molecule has 2 aromatic carbocycles. The molecule has 0 N–H and O–H groups in total. The van der Waals surface area contributed by atoms with E-state index in [-0.39, 0.29) is 11.6 Å². The predicted octanol–water partition coefficient (Wildman–Crippen LogP) is 5.53. The van der Waals surface area contributed by atoms with Crippen molar-refractivity contribution in [2.75, 3.05) is 6.61 Å². The number of hydrogen-bond donors (Lipinski definition) is 0. The highest BCUT2D eigenvalue weighted by molar-refractivity contribution is 7.98. The van der Waals surface area contributed by atoms with Gasteiger partial charge in [-0.15, -0.1) is 10.2 Å². The molecule has 0 aliphatic rings. The van der Waals surface area contributed by atoms with E-state index in [1.54, 1.807) is 0 Å². The lowest BCUT2D eigenvalue weighted by atomic mass is 10.1. The zero-order valence-corrected chi connectivity index (χ0v) is 17.9. The summed E-state index contributed by atoms with van der Waals surface area (Å²) in [5, 5.41) is 9.34. The maximum absolute atomic E-state index is 13.2. The monoisotopic (exact) mass is 441 g/mol. The summed E-state index contributed by atoms with van der Waals surface area (Å²) in [6.45, 7) is 1.89. The van der Waals surface area contributed by atoms with Crippen molar-refractivity contribution in [1.29, 1.82) is 0 Å². The molecule has 160 valence electrons. The lowest BCUT2D eigenvalue weighted by Crippen LogP contribution is -2.04. The molecule has 0 saturated heterocycles. The Bertz CT molecular complexity index is 1160. The number of thioether (sulfide) groups is 1. The number of alkyl halides is 2. The largest absolute Gasteiger partial charge is 0.494 e. The maximum atomic E-state index is 13.2. The third kappa shape index (κ3) is 4.61. The molecule has 0 spiro atoms. The molecule has 0 amide bonds. The Morgan fingerprint density at radius 3 is 2.61 bits per heavy atom. The zero-order valence-electron chi connectivity index (χ0n) is 17.1. The fourth-order valence-corrected chi connectivity index (χ4v) is 4.09. The third-order valence-electron chi connectivity index (χ3n) is 4.61. The Balaban J connectivity index is 1.72. The van der Waals surface area contributed by atoms with Gasteiger partial charge in [-0.2, -0.15) is 8.78 Å². The minimum Gasteiger partial charge on any atom is -0.494 e. The number of aromatic nitrogens is 5. The summed E-state index contributed by atoms with van der Waals surface area (Å²) in [6, 6.07) is 15.6. The van der Waals surface area contributed by atoms with E-state index in [2.05, 4.69) is 15.2 Å². The second-order valence-electron chi connectivity index (χ2n) is 6.76. The number of imidazole rings is 1. The first kappa shape index (κ1) is 21.0. The quantitative estimate of drug-likeness (QED) is 0.337. The second-order valence-corrected chi connectivity index (χ2v) is 7.70. The number of halogens is 2. The third-order valence-corrected chi connectivity index (χ3v) is 5.53. The van der Waals surface area contributed by atoms with Crippen LogP contribution in [-0.4, -0.2) is 30.9 Å². The first-order valence-corrected chi connectivity index (χ1v) is 10.7. The van der Waals surface area contributed by atoms with Gasteiger partial charge in [0.05, 0.1) is 12.4 Å². The van der Waals surface area contributed by atoms with E-state index in [4.69, 9.17) is 4.74 Å².